The molecule has 0 aromatic heterocycles. The monoisotopic (exact) mass is 248 g/mol. The van der Waals surface area contributed by atoms with E-state index in [4.69, 9.17) is 0 Å². The number of allylic oxidation sites excluding steroid dienone is 2. The molecule has 0 atom stereocenters. The summed E-state index contributed by atoms with van der Waals surface area (Å²) in [5.41, 5.74) is 3.89. The Labute approximate surface area is 116 Å². The van der Waals surface area contributed by atoms with E-state index in [-0.39, 0.29) is 0 Å². The van der Waals surface area contributed by atoms with Crippen LogP contribution in [0, 0.1) is 0 Å². The Morgan fingerprint density at radius 1 is 0.789 bits per heavy atom. The molecule has 0 unspecified atom stereocenters. The molecule has 0 radical (unpaired) electrons. The van der Waals surface area contributed by atoms with Gasteiger partial charge in [0.1, 0.15) is 0 Å². The van der Waals surface area contributed by atoms with Crippen molar-refractivity contribution in [2.75, 3.05) is 0 Å². The zero-order valence-corrected chi connectivity index (χ0v) is 11.3. The van der Waals surface area contributed by atoms with Crippen molar-refractivity contribution < 1.29 is 0 Å². The molecule has 2 rings (SSSR count). The standard InChI is InChI=1S/C19H20/c1-2-3-4-11-16-19(17-12-7-5-8-13-17)18-14-9-6-10-15-18/h2,5-10,12-16H,1,3-4,11H2. The number of benzene rings is 2. The Morgan fingerprint density at radius 3 is 1.79 bits per heavy atom. The average molecular weight is 248 g/mol. The molecule has 2 aromatic carbocycles. The zero-order valence-electron chi connectivity index (χ0n) is 11.3. The molecule has 0 saturated carbocycles. The van der Waals surface area contributed by atoms with E-state index < -0.39 is 0 Å². The van der Waals surface area contributed by atoms with Crippen LogP contribution in [0.1, 0.15) is 30.4 Å². The van der Waals surface area contributed by atoms with Crippen molar-refractivity contribution in [1.82, 2.24) is 0 Å². The van der Waals surface area contributed by atoms with Gasteiger partial charge in [-0.25, -0.2) is 0 Å². The number of unbranched alkanes of at least 4 members (excludes halogenated alkanes) is 2. The van der Waals surface area contributed by atoms with E-state index in [9.17, 15) is 0 Å². The van der Waals surface area contributed by atoms with Crippen LogP contribution in [0.2, 0.25) is 0 Å². The largest absolute Gasteiger partial charge is 0.103 e. The Balaban J connectivity index is 2.26. The van der Waals surface area contributed by atoms with Gasteiger partial charge in [0.2, 0.25) is 0 Å². The van der Waals surface area contributed by atoms with Gasteiger partial charge < -0.3 is 0 Å². The van der Waals surface area contributed by atoms with Crippen LogP contribution >= 0.6 is 0 Å². The summed E-state index contributed by atoms with van der Waals surface area (Å²) in [6, 6.07) is 21.2. The highest BCUT2D eigenvalue weighted by Crippen LogP contribution is 2.24. The Hall–Kier alpha value is -2.08. The average Bonchev–Trinajstić information content (AvgIpc) is 2.49. The van der Waals surface area contributed by atoms with Gasteiger partial charge in [-0.15, -0.1) is 6.58 Å². The summed E-state index contributed by atoms with van der Waals surface area (Å²) in [5, 5.41) is 0. The lowest BCUT2D eigenvalue weighted by Gasteiger charge is -2.08. The highest BCUT2D eigenvalue weighted by atomic mass is 14.1. The van der Waals surface area contributed by atoms with Crippen molar-refractivity contribution in [2.45, 2.75) is 19.3 Å². The van der Waals surface area contributed by atoms with Crippen molar-refractivity contribution in [2.24, 2.45) is 0 Å². The minimum atomic E-state index is 1.08. The molecular formula is C19H20. The summed E-state index contributed by atoms with van der Waals surface area (Å²) in [6.45, 7) is 3.77. The van der Waals surface area contributed by atoms with Gasteiger partial charge in [-0.1, -0.05) is 72.8 Å². The SMILES string of the molecule is C=CCCCC=C(c1ccccc1)c1ccccc1. The predicted molar refractivity (Wildman–Crippen MR) is 84.0 cm³/mol. The fourth-order valence-corrected chi connectivity index (χ4v) is 2.15. The van der Waals surface area contributed by atoms with Gasteiger partial charge in [0, 0.05) is 0 Å². The highest BCUT2D eigenvalue weighted by molar-refractivity contribution is 5.79. The summed E-state index contributed by atoms with van der Waals surface area (Å²) < 4.78 is 0. The lowest BCUT2D eigenvalue weighted by atomic mass is 9.96. The van der Waals surface area contributed by atoms with Crippen molar-refractivity contribution in [1.29, 1.82) is 0 Å². The van der Waals surface area contributed by atoms with Crippen LogP contribution in [0.4, 0.5) is 0 Å². The van der Waals surface area contributed by atoms with Crippen LogP contribution in [-0.4, -0.2) is 0 Å². The van der Waals surface area contributed by atoms with E-state index in [0.29, 0.717) is 0 Å². The molecule has 0 nitrogen and oxygen atoms in total. The third-order valence-electron chi connectivity index (χ3n) is 3.13. The van der Waals surface area contributed by atoms with E-state index in [1.54, 1.807) is 0 Å². The molecule has 0 aliphatic rings. The molecule has 0 bridgehead atoms. The van der Waals surface area contributed by atoms with E-state index >= 15 is 0 Å². The smallest absolute Gasteiger partial charge is 0.0151 e. The second-order valence-electron chi connectivity index (χ2n) is 4.57. The molecule has 0 spiro atoms. The molecule has 0 aliphatic carbocycles. The number of rotatable bonds is 6. The molecule has 0 saturated heterocycles. The molecule has 0 fully saturated rings. The lowest BCUT2D eigenvalue weighted by Crippen LogP contribution is -1.87. The van der Waals surface area contributed by atoms with Crippen molar-refractivity contribution >= 4 is 5.57 Å². The molecular weight excluding hydrogens is 228 g/mol. The van der Waals surface area contributed by atoms with Gasteiger partial charge in [0.15, 0.2) is 0 Å². The van der Waals surface area contributed by atoms with E-state index in [1.807, 2.05) is 6.08 Å². The zero-order chi connectivity index (χ0) is 13.3. The molecule has 0 aliphatic heterocycles. The molecule has 0 amide bonds. The summed E-state index contributed by atoms with van der Waals surface area (Å²) in [6.07, 6.45) is 7.65. The van der Waals surface area contributed by atoms with Crippen molar-refractivity contribution in [3.63, 3.8) is 0 Å². The molecule has 2 aromatic rings. The van der Waals surface area contributed by atoms with Crippen molar-refractivity contribution in [3.8, 4) is 0 Å². The molecule has 0 N–H and O–H groups in total. The van der Waals surface area contributed by atoms with Gasteiger partial charge in [0.25, 0.3) is 0 Å². The minimum absolute atomic E-state index is 1.08. The third kappa shape index (κ3) is 3.96. The number of hydrogen-bond donors (Lipinski definition) is 0. The topological polar surface area (TPSA) is 0 Å². The predicted octanol–water partition coefficient (Wildman–Crippen LogP) is 5.47. The Bertz CT molecular complexity index is 479. The normalized spacial score (nSPS) is 9.89. The second-order valence-corrected chi connectivity index (χ2v) is 4.57. The van der Waals surface area contributed by atoms with Gasteiger partial charge in [-0.05, 0) is 36.0 Å². The Morgan fingerprint density at radius 2 is 1.32 bits per heavy atom. The van der Waals surface area contributed by atoms with Crippen LogP contribution in [0.25, 0.3) is 5.57 Å². The molecule has 96 valence electrons. The first-order valence-electron chi connectivity index (χ1n) is 6.83. The summed E-state index contributed by atoms with van der Waals surface area (Å²) in [4.78, 5) is 0. The Kier molecular flexibility index (Phi) is 5.18. The van der Waals surface area contributed by atoms with Gasteiger partial charge in [-0.2, -0.15) is 0 Å². The third-order valence-corrected chi connectivity index (χ3v) is 3.13. The summed E-state index contributed by atoms with van der Waals surface area (Å²) in [7, 11) is 0. The van der Waals surface area contributed by atoms with Gasteiger partial charge >= 0.3 is 0 Å². The highest BCUT2D eigenvalue weighted by Gasteiger charge is 2.03. The number of hydrogen-bond acceptors (Lipinski definition) is 0. The molecule has 0 heterocycles. The summed E-state index contributed by atoms with van der Waals surface area (Å²) >= 11 is 0. The maximum Gasteiger partial charge on any atom is -0.0151 e. The van der Waals surface area contributed by atoms with Crippen LogP contribution < -0.4 is 0 Å². The van der Waals surface area contributed by atoms with E-state index in [1.165, 1.54) is 16.7 Å². The van der Waals surface area contributed by atoms with E-state index in [0.717, 1.165) is 19.3 Å². The van der Waals surface area contributed by atoms with Crippen LogP contribution in [0.5, 0.6) is 0 Å². The van der Waals surface area contributed by atoms with Gasteiger partial charge in [-0.3, -0.25) is 0 Å². The quantitative estimate of drug-likeness (QED) is 0.469. The van der Waals surface area contributed by atoms with E-state index in [2.05, 4.69) is 73.3 Å². The first kappa shape index (κ1) is 13.4. The second kappa shape index (κ2) is 7.38. The fourth-order valence-electron chi connectivity index (χ4n) is 2.15. The van der Waals surface area contributed by atoms with Crippen molar-refractivity contribution in [3.05, 3.63) is 90.5 Å². The first-order valence-corrected chi connectivity index (χ1v) is 6.83. The van der Waals surface area contributed by atoms with Crippen LogP contribution in [0.3, 0.4) is 0 Å². The summed E-state index contributed by atoms with van der Waals surface area (Å²) in [5.74, 6) is 0. The molecule has 19 heavy (non-hydrogen) atoms. The van der Waals surface area contributed by atoms with Crippen LogP contribution in [-0.2, 0) is 0 Å². The molecule has 0 heteroatoms. The first-order chi connectivity index (χ1) is 9.42. The lowest BCUT2D eigenvalue weighted by molar-refractivity contribution is 0.870. The van der Waals surface area contributed by atoms with Gasteiger partial charge in [0.05, 0.1) is 0 Å². The maximum atomic E-state index is 3.77. The maximum absolute atomic E-state index is 3.77. The van der Waals surface area contributed by atoms with Crippen LogP contribution in [0.15, 0.2) is 79.4 Å². The fraction of sp³-hybridized carbons (Fsp3) is 0.158. The minimum Gasteiger partial charge on any atom is -0.103 e.